The van der Waals surface area contributed by atoms with Crippen LogP contribution < -0.4 is 0 Å². The average molecular weight is 376 g/mol. The number of hydrogen-bond acceptors (Lipinski definition) is 3. The number of carbonyl (C=O) groups is 2. The topological polar surface area (TPSA) is 43.4 Å². The van der Waals surface area contributed by atoms with Gasteiger partial charge in [-0.05, 0) is 54.5 Å². The summed E-state index contributed by atoms with van der Waals surface area (Å²) in [5.74, 6) is -1.15. The van der Waals surface area contributed by atoms with Crippen molar-refractivity contribution in [1.82, 2.24) is 0 Å². The quantitative estimate of drug-likeness (QED) is 0.516. The van der Waals surface area contributed by atoms with E-state index in [1.165, 1.54) is 11.1 Å². The zero-order chi connectivity index (χ0) is 20.3. The number of esters is 1. The van der Waals surface area contributed by atoms with Gasteiger partial charge < -0.3 is 4.74 Å². The Balaban J connectivity index is 1.99. The largest absolute Gasteiger partial charge is 0.465 e. The highest BCUT2D eigenvalue weighted by Crippen LogP contribution is 2.40. The van der Waals surface area contributed by atoms with Crippen molar-refractivity contribution in [3.63, 3.8) is 0 Å². The molecule has 2 aromatic carbocycles. The minimum Gasteiger partial charge on any atom is -0.465 e. The van der Waals surface area contributed by atoms with Crippen LogP contribution in [-0.2, 0) is 14.3 Å². The van der Waals surface area contributed by atoms with Gasteiger partial charge >= 0.3 is 5.97 Å². The Kier molecular flexibility index (Phi) is 6.13. The predicted octanol–water partition coefficient (Wildman–Crippen LogP) is 5.44. The maximum atomic E-state index is 12.9. The van der Waals surface area contributed by atoms with Crippen LogP contribution in [0.3, 0.4) is 0 Å². The number of aryl methyl sites for hydroxylation is 1. The van der Waals surface area contributed by atoms with E-state index in [1.807, 2.05) is 31.2 Å². The van der Waals surface area contributed by atoms with Crippen LogP contribution >= 0.6 is 0 Å². The number of hydrogen-bond donors (Lipinski definition) is 0. The van der Waals surface area contributed by atoms with Gasteiger partial charge in [-0.3, -0.25) is 9.59 Å². The molecule has 0 fully saturated rings. The van der Waals surface area contributed by atoms with Gasteiger partial charge in [0, 0.05) is 5.92 Å². The van der Waals surface area contributed by atoms with E-state index in [4.69, 9.17) is 4.74 Å². The van der Waals surface area contributed by atoms with Gasteiger partial charge in [-0.15, -0.1) is 0 Å². The van der Waals surface area contributed by atoms with Crippen LogP contribution in [0.15, 0.2) is 54.6 Å². The van der Waals surface area contributed by atoms with Gasteiger partial charge in [0.2, 0.25) is 0 Å². The Morgan fingerprint density at radius 1 is 1.07 bits per heavy atom. The first-order chi connectivity index (χ1) is 13.4. The zero-order valence-electron chi connectivity index (χ0n) is 17.1. The van der Waals surface area contributed by atoms with Crippen molar-refractivity contribution in [3.8, 4) is 0 Å². The molecule has 0 heterocycles. The maximum Gasteiger partial charge on any atom is 0.317 e. The van der Waals surface area contributed by atoms with Crippen molar-refractivity contribution in [3.05, 3.63) is 76.9 Å². The fourth-order valence-electron chi connectivity index (χ4n) is 3.79. The molecule has 146 valence electrons. The molecular weight excluding hydrogens is 348 g/mol. The van der Waals surface area contributed by atoms with E-state index in [-0.39, 0.29) is 18.3 Å². The summed E-state index contributed by atoms with van der Waals surface area (Å²) in [6, 6.07) is 16.5. The summed E-state index contributed by atoms with van der Waals surface area (Å²) >= 11 is 0. The molecule has 3 heteroatoms. The number of rotatable bonds is 5. The Bertz CT molecular complexity index is 873. The van der Waals surface area contributed by atoms with E-state index < -0.39 is 11.9 Å². The molecule has 0 amide bonds. The lowest BCUT2D eigenvalue weighted by Gasteiger charge is -2.29. The molecule has 0 unspecified atom stereocenters. The van der Waals surface area contributed by atoms with Gasteiger partial charge in [0.15, 0.2) is 5.78 Å². The first-order valence-electron chi connectivity index (χ1n) is 9.98. The second kappa shape index (κ2) is 8.55. The molecule has 1 aliphatic rings. The van der Waals surface area contributed by atoms with E-state index >= 15 is 0 Å². The van der Waals surface area contributed by atoms with Crippen molar-refractivity contribution in [1.29, 1.82) is 0 Å². The van der Waals surface area contributed by atoms with E-state index in [1.54, 1.807) is 13.0 Å². The minimum absolute atomic E-state index is 0.168. The second-order valence-corrected chi connectivity index (χ2v) is 7.80. The molecule has 0 spiro atoms. The summed E-state index contributed by atoms with van der Waals surface area (Å²) in [5.41, 5.74) is 5.44. The van der Waals surface area contributed by atoms with Crippen molar-refractivity contribution in [2.24, 2.45) is 5.92 Å². The summed E-state index contributed by atoms with van der Waals surface area (Å²) in [7, 11) is 0. The summed E-state index contributed by atoms with van der Waals surface area (Å²) in [6.45, 7) is 8.39. The third kappa shape index (κ3) is 4.24. The van der Waals surface area contributed by atoms with E-state index in [0.29, 0.717) is 12.3 Å². The average Bonchev–Trinajstić information content (AvgIpc) is 2.68. The number of allylic oxidation sites excluding steroid dienone is 2. The smallest absolute Gasteiger partial charge is 0.317 e. The molecule has 1 aliphatic carbocycles. The predicted molar refractivity (Wildman–Crippen MR) is 112 cm³/mol. The number of ether oxygens (including phenoxy) is 1. The summed E-state index contributed by atoms with van der Waals surface area (Å²) in [6.07, 6.45) is 2.27. The van der Waals surface area contributed by atoms with Crippen molar-refractivity contribution in [2.75, 3.05) is 6.61 Å². The highest BCUT2D eigenvalue weighted by molar-refractivity contribution is 6.10. The molecule has 0 radical (unpaired) electrons. The monoisotopic (exact) mass is 376 g/mol. The second-order valence-electron chi connectivity index (χ2n) is 7.80. The lowest BCUT2D eigenvalue weighted by molar-refractivity contribution is -0.151. The van der Waals surface area contributed by atoms with Crippen molar-refractivity contribution in [2.45, 2.75) is 46.0 Å². The van der Waals surface area contributed by atoms with Crippen molar-refractivity contribution < 1.29 is 14.3 Å². The lowest BCUT2D eigenvalue weighted by atomic mass is 9.73. The third-order valence-corrected chi connectivity index (χ3v) is 5.46. The Morgan fingerprint density at radius 3 is 2.29 bits per heavy atom. The highest BCUT2D eigenvalue weighted by atomic mass is 16.5. The molecule has 0 N–H and O–H groups in total. The Labute approximate surface area is 167 Å². The van der Waals surface area contributed by atoms with Crippen LogP contribution in [0.2, 0.25) is 0 Å². The number of carbonyl (C=O) groups excluding carboxylic acids is 2. The molecule has 3 nitrogen and oxygen atoms in total. The van der Waals surface area contributed by atoms with Crippen LogP contribution in [0.4, 0.5) is 0 Å². The van der Waals surface area contributed by atoms with Gasteiger partial charge in [0.1, 0.15) is 5.92 Å². The van der Waals surface area contributed by atoms with Crippen LogP contribution in [-0.4, -0.2) is 18.4 Å². The molecule has 0 aliphatic heterocycles. The van der Waals surface area contributed by atoms with Gasteiger partial charge in [-0.1, -0.05) is 67.9 Å². The van der Waals surface area contributed by atoms with Crippen LogP contribution in [0.25, 0.3) is 5.57 Å². The highest BCUT2D eigenvalue weighted by Gasteiger charge is 2.39. The molecule has 0 saturated carbocycles. The maximum absolute atomic E-state index is 12.9. The van der Waals surface area contributed by atoms with Crippen LogP contribution in [0.1, 0.15) is 61.3 Å². The van der Waals surface area contributed by atoms with Gasteiger partial charge in [0.05, 0.1) is 6.61 Å². The Morgan fingerprint density at radius 2 is 1.71 bits per heavy atom. The first kappa shape index (κ1) is 20.1. The molecular formula is C25H28O3. The summed E-state index contributed by atoms with van der Waals surface area (Å²) in [5, 5.41) is 0. The Hall–Kier alpha value is -2.68. The van der Waals surface area contributed by atoms with Gasteiger partial charge in [-0.25, -0.2) is 0 Å². The van der Waals surface area contributed by atoms with E-state index in [0.717, 1.165) is 16.7 Å². The zero-order valence-corrected chi connectivity index (χ0v) is 17.1. The normalized spacial score (nSPS) is 19.5. The fourth-order valence-corrected chi connectivity index (χ4v) is 3.79. The fraction of sp³-hybridized carbons (Fsp3) is 0.360. The van der Waals surface area contributed by atoms with E-state index in [2.05, 4.69) is 38.1 Å². The standard InChI is InChI=1S/C25H28O3/c1-5-28-25(27)24-22(20-12-10-18(11-13-20)16(2)3)14-21(15-23(24)26)19-8-6-17(4)7-9-19/h6-13,15-16,22,24H,5,14H2,1-4H3/t22-,24-/m0/s1. The molecule has 28 heavy (non-hydrogen) atoms. The summed E-state index contributed by atoms with van der Waals surface area (Å²) in [4.78, 5) is 25.5. The third-order valence-electron chi connectivity index (χ3n) is 5.46. The summed E-state index contributed by atoms with van der Waals surface area (Å²) < 4.78 is 5.23. The van der Waals surface area contributed by atoms with E-state index in [9.17, 15) is 9.59 Å². The molecule has 0 bridgehead atoms. The van der Waals surface area contributed by atoms with Crippen LogP contribution in [0.5, 0.6) is 0 Å². The molecule has 2 aromatic rings. The minimum atomic E-state index is -0.779. The molecule has 2 atom stereocenters. The molecule has 0 saturated heterocycles. The number of ketones is 1. The van der Waals surface area contributed by atoms with Crippen molar-refractivity contribution >= 4 is 17.3 Å². The van der Waals surface area contributed by atoms with Gasteiger partial charge in [0.25, 0.3) is 0 Å². The van der Waals surface area contributed by atoms with Gasteiger partial charge in [-0.2, -0.15) is 0 Å². The molecule has 0 aromatic heterocycles. The van der Waals surface area contributed by atoms with Crippen LogP contribution in [0, 0.1) is 12.8 Å². The lowest BCUT2D eigenvalue weighted by Crippen LogP contribution is -2.34. The number of benzene rings is 2. The SMILES string of the molecule is CCOC(=O)[C@@H]1C(=O)C=C(c2ccc(C)cc2)C[C@H]1c1ccc(C(C)C)cc1. The molecule has 3 rings (SSSR count). The first-order valence-corrected chi connectivity index (χ1v) is 9.98.